The molecule has 0 heterocycles. The number of anilines is 4. The molecule has 6 rings (SSSR count). The summed E-state index contributed by atoms with van der Waals surface area (Å²) in [6.45, 7) is 0.891. The van der Waals surface area contributed by atoms with E-state index >= 15 is 0 Å². The molecule has 3 amide bonds. The van der Waals surface area contributed by atoms with E-state index in [4.69, 9.17) is 13.3 Å². The zero-order chi connectivity index (χ0) is 53.4. The summed E-state index contributed by atoms with van der Waals surface area (Å²) in [5, 5.41) is 34.7. The molecular weight excluding hydrogens is 965 g/mol. The van der Waals surface area contributed by atoms with Crippen LogP contribution in [-0.4, -0.2) is 65.7 Å². The van der Waals surface area contributed by atoms with E-state index in [9.17, 15) is 77.3 Å². The van der Waals surface area contributed by atoms with Crippen molar-refractivity contribution in [1.29, 1.82) is 2.86 Å². The second-order valence-corrected chi connectivity index (χ2v) is 15.2. The molecule has 6 aromatic rings. The fourth-order valence-electron chi connectivity index (χ4n) is 7.41. The van der Waals surface area contributed by atoms with Crippen LogP contribution in [0.1, 0.15) is 49.9 Å². The van der Waals surface area contributed by atoms with Crippen molar-refractivity contribution in [3.05, 3.63) is 155 Å². The number of phenols is 4. The average Bonchev–Trinajstić information content (AvgIpc) is 3.27. The maximum atomic E-state index is 15.0. The van der Waals surface area contributed by atoms with Crippen molar-refractivity contribution < 1.29 is 92.2 Å². The van der Waals surface area contributed by atoms with E-state index < -0.39 is 121 Å². The predicted octanol–water partition coefficient (Wildman–Crippen LogP) is 11.2. The minimum Gasteiger partial charge on any atom is -0.506 e. The van der Waals surface area contributed by atoms with Crippen molar-refractivity contribution in [3.63, 3.8) is 0 Å². The summed E-state index contributed by atoms with van der Waals surface area (Å²) < 4.78 is 199. The van der Waals surface area contributed by atoms with E-state index in [1.165, 1.54) is 24.3 Å². The lowest BCUT2D eigenvalue weighted by atomic mass is 9.72. The van der Waals surface area contributed by atoms with Crippen LogP contribution >= 0.6 is 0 Å². The first-order chi connectivity index (χ1) is 33.5. The Balaban J connectivity index is 1.22. The average molecular weight is 999 g/mol. The second kappa shape index (κ2) is 18.3. The first kappa shape index (κ1) is 48.2. The third kappa shape index (κ3) is 9.43. The number of nitrogen functional groups attached to an aromatic ring is 1. The normalized spacial score (nSPS) is 12.8. The van der Waals surface area contributed by atoms with E-state index in [2.05, 4.69) is 20.9 Å². The topological polar surface area (TPSA) is 203 Å². The number of rotatable bonds is 13. The Morgan fingerprint density at radius 1 is 0.471 bits per heavy atom. The van der Waals surface area contributed by atoms with Crippen molar-refractivity contribution in [3.8, 4) is 34.5 Å². The molecule has 0 fully saturated rings. The highest BCUT2D eigenvalue weighted by atomic mass is 19.4. The highest BCUT2D eigenvalue weighted by molar-refractivity contribution is 6.06. The summed E-state index contributed by atoms with van der Waals surface area (Å²) in [6, 6.07) is 14.1. The Hall–Kier alpha value is -8.31. The van der Waals surface area contributed by atoms with Gasteiger partial charge in [-0.25, -0.2) is 0 Å². The van der Waals surface area contributed by atoms with Crippen LogP contribution in [-0.2, 0) is 15.6 Å². The SMILES string of the molecule is [2H]Oc1ccc(C(c2ccc(O)c(N)c2)(C(F)(F)F)C(F)(F)F)cc1NC(=O)c1ccc(Oc2ccc(C(=O)Nc3cc(C(c4ccc(O)c(NC(C)=O)c4)(C(F)(F)F)C(F)(F)F)ccc3O[2H])cc2)cc1. The zero-order valence-corrected chi connectivity index (χ0v) is 35.0. The number of nitrogens with one attached hydrogen (secondary N) is 3. The molecular formula is C46H32F12N4O8. The number of ether oxygens (including phenoxy) is 1. The Morgan fingerprint density at radius 3 is 1.10 bits per heavy atom. The van der Waals surface area contributed by atoms with Crippen LogP contribution in [0.25, 0.3) is 0 Å². The van der Waals surface area contributed by atoms with Crippen molar-refractivity contribution in [2.24, 2.45) is 0 Å². The third-order valence-electron chi connectivity index (χ3n) is 10.7. The van der Waals surface area contributed by atoms with Crippen LogP contribution in [0.4, 0.5) is 75.4 Å². The molecule has 0 aliphatic heterocycles. The fraction of sp³-hybridized carbons (Fsp3) is 0.152. The van der Waals surface area contributed by atoms with Crippen LogP contribution in [0.15, 0.2) is 121 Å². The molecule has 0 spiro atoms. The maximum Gasteiger partial charge on any atom is 0.411 e. The Labute approximate surface area is 388 Å². The summed E-state index contributed by atoms with van der Waals surface area (Å²) in [5.41, 5.74) is -13.8. The minimum atomic E-state index is -6.16. The third-order valence-corrected chi connectivity index (χ3v) is 10.7. The van der Waals surface area contributed by atoms with Crippen molar-refractivity contribution in [1.82, 2.24) is 0 Å². The van der Waals surface area contributed by atoms with Gasteiger partial charge in [-0.2, -0.15) is 52.7 Å². The molecule has 0 unspecified atom stereocenters. The quantitative estimate of drug-likeness (QED) is 0.0315. The number of carbonyl (C=O) groups is 3. The molecule has 12 nitrogen and oxygen atoms in total. The number of hydrogen-bond acceptors (Lipinski definition) is 9. The molecule has 0 aliphatic rings. The van der Waals surface area contributed by atoms with Gasteiger partial charge >= 0.3 is 24.7 Å². The van der Waals surface area contributed by atoms with Crippen LogP contribution in [0.5, 0.6) is 34.5 Å². The molecule has 70 heavy (non-hydrogen) atoms. The van der Waals surface area contributed by atoms with Gasteiger partial charge in [0.15, 0.2) is 0 Å². The molecule has 0 atom stereocenters. The van der Waals surface area contributed by atoms with E-state index in [1.54, 1.807) is 0 Å². The van der Waals surface area contributed by atoms with Crippen LogP contribution in [0.2, 0.25) is 0 Å². The molecule has 24 heteroatoms. The lowest BCUT2D eigenvalue weighted by Crippen LogP contribution is -2.54. The standard InChI is InChI=1S/C46H32F12N4O8/c1-22(63)60-32-19-26(7-15-36(32)65)42(45(53,54)55,46(56,57)58)28-9-17-38(67)34(21-28)62-40(69)24-4-12-30(13-5-24)70-29-10-2-23(3-11-29)39(68)61-33-20-27(8-16-37(33)66)41(43(47,48)49,44(50,51)52)25-6-14-35(64)31(59)18-25/h2-21,64-67H,59H2,1H3,(H,60,63)(H,61,68)(H,62,69)/i/hD2. The smallest absolute Gasteiger partial charge is 0.411 e. The number of phenolic OH excluding ortho intramolecular Hbond substituents is 4. The number of carbonyl (C=O) groups excluding carboxylic acids is 3. The predicted molar refractivity (Wildman–Crippen MR) is 226 cm³/mol. The Kier molecular flexibility index (Phi) is 12.6. The largest absolute Gasteiger partial charge is 0.506 e. The van der Waals surface area contributed by atoms with Crippen LogP contribution in [0, 0.1) is 0 Å². The second-order valence-electron chi connectivity index (χ2n) is 15.2. The summed E-state index contributed by atoms with van der Waals surface area (Å²) in [7, 11) is 0. The molecule has 368 valence electrons. The van der Waals surface area contributed by atoms with Gasteiger partial charge in [0.2, 0.25) is 16.7 Å². The van der Waals surface area contributed by atoms with E-state index in [0.717, 1.165) is 31.2 Å². The number of amides is 3. The van der Waals surface area contributed by atoms with Gasteiger partial charge in [-0.05, 0) is 119 Å². The number of aromatic hydroxyl groups is 4. The lowest BCUT2D eigenvalue weighted by molar-refractivity contribution is -0.290. The number of halogens is 12. The van der Waals surface area contributed by atoms with Gasteiger partial charge in [0.25, 0.3) is 14.7 Å². The number of alkyl halides is 12. The van der Waals surface area contributed by atoms with E-state index in [0.29, 0.717) is 60.7 Å². The summed E-state index contributed by atoms with van der Waals surface area (Å²) in [5.74, 6) is -6.19. The number of benzene rings is 6. The molecule has 0 radical (unpaired) electrons. The molecule has 0 saturated heterocycles. The monoisotopic (exact) mass is 998 g/mol. The summed E-state index contributed by atoms with van der Waals surface area (Å²) >= 11 is 0. The first-order valence-corrected chi connectivity index (χ1v) is 19.5. The van der Waals surface area contributed by atoms with Crippen molar-refractivity contribution in [2.75, 3.05) is 21.7 Å². The summed E-state index contributed by atoms with van der Waals surface area (Å²) in [6.07, 6.45) is -24.5. The highest BCUT2D eigenvalue weighted by Gasteiger charge is 2.74. The van der Waals surface area contributed by atoms with Crippen LogP contribution in [0.3, 0.4) is 0 Å². The maximum absolute atomic E-state index is 15.0. The summed E-state index contributed by atoms with van der Waals surface area (Å²) in [4.78, 5) is 38.2. The number of hydrogen-bond donors (Lipinski definition) is 8. The first-order valence-electron chi connectivity index (χ1n) is 20.3. The fourth-order valence-corrected chi connectivity index (χ4v) is 7.41. The Bertz CT molecular complexity index is 3000. The molecule has 0 aromatic heterocycles. The molecule has 0 saturated carbocycles. The molecule has 9 N–H and O–H groups in total. The van der Waals surface area contributed by atoms with Gasteiger partial charge in [0.05, 0.1) is 22.7 Å². The molecule has 0 bridgehead atoms. The van der Waals surface area contributed by atoms with Gasteiger partial charge in [-0.15, -0.1) is 0 Å². The van der Waals surface area contributed by atoms with Gasteiger partial charge in [0.1, 0.15) is 34.5 Å². The Morgan fingerprint density at radius 2 is 0.786 bits per heavy atom. The number of nitrogens with two attached hydrogens (primary N) is 1. The van der Waals surface area contributed by atoms with E-state index in [1.807, 2.05) is 5.32 Å². The van der Waals surface area contributed by atoms with Gasteiger partial charge < -0.3 is 46.9 Å². The highest BCUT2D eigenvalue weighted by Crippen LogP contribution is 2.59. The zero-order valence-electron chi connectivity index (χ0n) is 37.0. The van der Waals surface area contributed by atoms with Gasteiger partial charge in [0, 0.05) is 18.1 Å². The lowest BCUT2D eigenvalue weighted by Gasteiger charge is -2.38. The van der Waals surface area contributed by atoms with Crippen LogP contribution < -0.4 is 26.4 Å². The minimum absolute atomic E-state index is 0.000994. The van der Waals surface area contributed by atoms with Gasteiger partial charge in [-0.3, -0.25) is 14.4 Å². The van der Waals surface area contributed by atoms with Crippen molar-refractivity contribution in [2.45, 2.75) is 42.5 Å². The van der Waals surface area contributed by atoms with E-state index in [-0.39, 0.29) is 34.8 Å². The van der Waals surface area contributed by atoms with Crippen molar-refractivity contribution >= 4 is 40.5 Å². The molecule has 6 aromatic carbocycles. The molecule has 0 aliphatic carbocycles. The van der Waals surface area contributed by atoms with Gasteiger partial charge in [-0.1, -0.05) is 24.3 Å².